The number of benzene rings is 3. The standard InChI is InChI=1S/C24H25N2P/c1-17-13-21-12-11-20(19-9-7-18(16-27)8-10-19)14-24(21)26(3)23-6-4-5-22(15-23)25(17)2/h4-12,14-17,27H,13H2,1-3H3/t17-/m0/s1. The molecule has 0 saturated heterocycles. The number of anilines is 3. The Morgan fingerprint density at radius 3 is 2.33 bits per heavy atom. The third-order valence-corrected chi connectivity index (χ3v) is 5.99. The van der Waals surface area contributed by atoms with Crippen LogP contribution in [0.3, 0.4) is 0 Å². The molecule has 0 amide bonds. The van der Waals surface area contributed by atoms with Crippen LogP contribution in [-0.4, -0.2) is 25.9 Å². The molecule has 4 rings (SSSR count). The van der Waals surface area contributed by atoms with Gasteiger partial charge in [0.05, 0.1) is 0 Å². The molecule has 0 unspecified atom stereocenters. The third kappa shape index (κ3) is 3.38. The minimum atomic E-state index is 0.435. The van der Waals surface area contributed by atoms with Gasteiger partial charge >= 0.3 is 0 Å². The maximum Gasteiger partial charge on any atom is 0.0447 e. The SMILES string of the molecule is C[C@H]1Cc2ccc(-c3ccc(C=P)cc3)cc2N(C)c2cccc(c2)N1C. The predicted molar refractivity (Wildman–Crippen MR) is 121 cm³/mol. The van der Waals surface area contributed by atoms with Crippen molar-refractivity contribution < 1.29 is 0 Å². The van der Waals surface area contributed by atoms with Crippen molar-refractivity contribution in [3.63, 3.8) is 0 Å². The van der Waals surface area contributed by atoms with Crippen LogP contribution in [-0.2, 0) is 6.42 Å². The lowest BCUT2D eigenvalue weighted by molar-refractivity contribution is 0.684. The van der Waals surface area contributed by atoms with Crippen molar-refractivity contribution in [3.05, 3.63) is 77.9 Å². The highest BCUT2D eigenvalue weighted by Crippen LogP contribution is 2.36. The van der Waals surface area contributed by atoms with Gasteiger partial charge in [-0.05, 0) is 65.7 Å². The molecule has 2 nitrogen and oxygen atoms in total. The van der Waals surface area contributed by atoms with Crippen LogP contribution in [0.2, 0.25) is 0 Å². The Hall–Kier alpha value is -2.57. The van der Waals surface area contributed by atoms with Gasteiger partial charge in [0.1, 0.15) is 0 Å². The zero-order valence-electron chi connectivity index (χ0n) is 16.1. The summed E-state index contributed by atoms with van der Waals surface area (Å²) in [7, 11) is 7.80. The normalized spacial score (nSPS) is 16.2. The Labute approximate surface area is 164 Å². The lowest BCUT2D eigenvalue weighted by Crippen LogP contribution is -2.30. The van der Waals surface area contributed by atoms with Crippen LogP contribution in [0, 0.1) is 0 Å². The van der Waals surface area contributed by atoms with Crippen molar-refractivity contribution in [2.75, 3.05) is 23.9 Å². The molecule has 3 heteroatoms. The van der Waals surface area contributed by atoms with E-state index < -0.39 is 0 Å². The van der Waals surface area contributed by atoms with Crippen molar-refractivity contribution in [1.82, 2.24) is 0 Å². The number of likely N-dealkylation sites (N-methyl/N-ethyl adjacent to an activating group) is 1. The summed E-state index contributed by atoms with van der Waals surface area (Å²) in [5.41, 5.74) is 8.80. The number of fused-ring (bicyclic) bond motifs is 3. The number of hydrogen-bond donors (Lipinski definition) is 0. The number of nitrogens with zero attached hydrogens (tertiary/aromatic N) is 2. The molecule has 2 bridgehead atoms. The predicted octanol–water partition coefficient (Wildman–Crippen LogP) is 5.80. The molecule has 0 N–H and O–H groups in total. The van der Waals surface area contributed by atoms with E-state index in [1.165, 1.54) is 39.3 Å². The minimum Gasteiger partial charge on any atom is -0.371 e. The van der Waals surface area contributed by atoms with E-state index in [1.54, 1.807) is 0 Å². The maximum absolute atomic E-state index is 3.45. The van der Waals surface area contributed by atoms with Crippen molar-refractivity contribution in [1.29, 1.82) is 0 Å². The molecule has 1 heterocycles. The van der Waals surface area contributed by atoms with Crippen molar-refractivity contribution in [2.45, 2.75) is 19.4 Å². The summed E-state index contributed by atoms with van der Waals surface area (Å²) in [5, 5.41) is 0. The molecular weight excluding hydrogens is 347 g/mol. The van der Waals surface area contributed by atoms with Crippen molar-refractivity contribution in [3.8, 4) is 11.1 Å². The zero-order valence-corrected chi connectivity index (χ0v) is 17.1. The first-order chi connectivity index (χ1) is 13.1. The molecule has 3 aromatic carbocycles. The van der Waals surface area contributed by atoms with E-state index in [-0.39, 0.29) is 0 Å². The molecule has 1 atom stereocenters. The first-order valence-corrected chi connectivity index (χ1v) is 9.95. The van der Waals surface area contributed by atoms with Gasteiger partial charge in [-0.2, -0.15) is 0 Å². The second-order valence-corrected chi connectivity index (χ2v) is 7.64. The van der Waals surface area contributed by atoms with E-state index in [9.17, 15) is 0 Å². The van der Waals surface area contributed by atoms with Gasteiger partial charge in [-0.3, -0.25) is 0 Å². The molecule has 1 aliphatic rings. The van der Waals surface area contributed by atoms with Gasteiger partial charge in [0.15, 0.2) is 0 Å². The minimum absolute atomic E-state index is 0.435. The summed E-state index contributed by atoms with van der Waals surface area (Å²) in [4.78, 5) is 4.68. The highest BCUT2D eigenvalue weighted by molar-refractivity contribution is 7.19. The van der Waals surface area contributed by atoms with Crippen LogP contribution in [0.5, 0.6) is 0 Å². The van der Waals surface area contributed by atoms with Gasteiger partial charge in [0.25, 0.3) is 0 Å². The molecule has 1 aliphatic heterocycles. The van der Waals surface area contributed by atoms with Crippen LogP contribution in [0.4, 0.5) is 17.1 Å². The Balaban J connectivity index is 1.82. The summed E-state index contributed by atoms with van der Waals surface area (Å²) in [6.07, 6.45) is 1.02. The van der Waals surface area contributed by atoms with E-state index in [1.807, 2.05) is 5.80 Å². The Kier molecular flexibility index (Phi) is 4.76. The highest BCUT2D eigenvalue weighted by atomic mass is 31.0. The Bertz CT molecular complexity index is 978. The molecule has 0 saturated carbocycles. The monoisotopic (exact) mass is 372 g/mol. The summed E-state index contributed by atoms with van der Waals surface area (Å²) in [6.45, 7) is 2.30. The fourth-order valence-corrected chi connectivity index (χ4v) is 3.96. The Morgan fingerprint density at radius 1 is 0.889 bits per heavy atom. The quantitative estimate of drug-likeness (QED) is 0.525. The third-order valence-electron chi connectivity index (χ3n) is 5.66. The van der Waals surface area contributed by atoms with Crippen LogP contribution < -0.4 is 9.80 Å². The van der Waals surface area contributed by atoms with Gasteiger partial charge < -0.3 is 9.80 Å². The molecule has 0 fully saturated rings. The lowest BCUT2D eigenvalue weighted by Gasteiger charge is -2.27. The molecule has 0 aliphatic carbocycles. The summed E-state index contributed by atoms with van der Waals surface area (Å²) in [6, 6.07) is 24.7. The highest BCUT2D eigenvalue weighted by Gasteiger charge is 2.19. The summed E-state index contributed by atoms with van der Waals surface area (Å²) >= 11 is 0. The largest absolute Gasteiger partial charge is 0.371 e. The van der Waals surface area contributed by atoms with Crippen molar-refractivity contribution in [2.24, 2.45) is 0 Å². The molecule has 136 valence electrons. The van der Waals surface area contributed by atoms with Gasteiger partial charge in [0, 0.05) is 37.2 Å². The molecule has 3 aromatic rings. The smallest absolute Gasteiger partial charge is 0.0447 e. The first kappa shape index (κ1) is 17.8. The van der Waals surface area contributed by atoms with E-state index in [0.29, 0.717) is 6.04 Å². The second kappa shape index (κ2) is 7.21. The fourth-order valence-electron chi connectivity index (χ4n) is 3.77. The molecular formula is C24H25N2P. The van der Waals surface area contributed by atoms with Crippen LogP contribution in [0.1, 0.15) is 18.1 Å². The summed E-state index contributed by atoms with van der Waals surface area (Å²) < 4.78 is 0. The molecule has 0 aromatic heterocycles. The van der Waals surface area contributed by atoms with E-state index in [4.69, 9.17) is 0 Å². The topological polar surface area (TPSA) is 6.48 Å². The lowest BCUT2D eigenvalue weighted by atomic mass is 9.97. The van der Waals surface area contributed by atoms with Crippen LogP contribution in [0.25, 0.3) is 11.1 Å². The fraction of sp³-hybridized carbons (Fsp3) is 0.208. The molecule has 0 spiro atoms. The molecule has 0 radical (unpaired) electrons. The number of rotatable bonds is 2. The van der Waals surface area contributed by atoms with Crippen LogP contribution in [0.15, 0.2) is 66.7 Å². The van der Waals surface area contributed by atoms with E-state index in [0.717, 1.165) is 6.42 Å². The molecule has 27 heavy (non-hydrogen) atoms. The first-order valence-electron chi connectivity index (χ1n) is 9.37. The maximum atomic E-state index is 3.45. The number of hydrogen-bond acceptors (Lipinski definition) is 2. The average molecular weight is 372 g/mol. The Morgan fingerprint density at radius 2 is 1.59 bits per heavy atom. The van der Waals surface area contributed by atoms with Gasteiger partial charge in [-0.15, -0.1) is 8.86 Å². The van der Waals surface area contributed by atoms with Crippen molar-refractivity contribution >= 4 is 31.7 Å². The van der Waals surface area contributed by atoms with Gasteiger partial charge in [-0.1, -0.05) is 42.5 Å². The summed E-state index contributed by atoms with van der Waals surface area (Å²) in [5.74, 6) is 1.94. The van der Waals surface area contributed by atoms with E-state index in [2.05, 4.69) is 106 Å². The van der Waals surface area contributed by atoms with E-state index >= 15 is 0 Å². The second-order valence-electron chi connectivity index (χ2n) is 7.35. The average Bonchev–Trinajstić information content (AvgIpc) is 2.74. The zero-order chi connectivity index (χ0) is 19.0. The van der Waals surface area contributed by atoms with Crippen LogP contribution >= 0.6 is 8.86 Å². The van der Waals surface area contributed by atoms with Gasteiger partial charge in [0.2, 0.25) is 0 Å². The van der Waals surface area contributed by atoms with Gasteiger partial charge in [-0.25, -0.2) is 0 Å².